The Hall–Kier alpha value is -1.35. The molecule has 1 saturated heterocycles. The summed E-state index contributed by atoms with van der Waals surface area (Å²) in [6.45, 7) is 10.4. The Morgan fingerprint density at radius 3 is 2.58 bits per heavy atom. The van der Waals surface area contributed by atoms with Gasteiger partial charge in [0.1, 0.15) is 6.29 Å². The van der Waals surface area contributed by atoms with Crippen LogP contribution in [0.4, 0.5) is 5.69 Å². The molecular formula is C16H19NOS. The standard InChI is InChI=1S/C16H19NOS/c1-11-5-7-14(8-6-11)17-15-13(10-18)9-16(3,4)12(2)19-15/h5-8,10,13H,2,9H2,1,3-4H3. The molecule has 0 bridgehead atoms. The van der Waals surface area contributed by atoms with E-state index in [0.29, 0.717) is 0 Å². The second-order valence-electron chi connectivity index (χ2n) is 5.64. The van der Waals surface area contributed by atoms with Crippen molar-refractivity contribution in [1.82, 2.24) is 0 Å². The Labute approximate surface area is 119 Å². The first-order chi connectivity index (χ1) is 8.92. The normalized spacial score (nSPS) is 24.5. The van der Waals surface area contributed by atoms with Gasteiger partial charge < -0.3 is 4.79 Å². The maximum absolute atomic E-state index is 11.3. The SMILES string of the molecule is C=C1SC(=Nc2ccc(C)cc2)C(C=O)CC1(C)C. The summed E-state index contributed by atoms with van der Waals surface area (Å²) in [7, 11) is 0. The average Bonchev–Trinajstić information content (AvgIpc) is 2.36. The van der Waals surface area contributed by atoms with Gasteiger partial charge in [-0.25, -0.2) is 4.99 Å². The molecule has 0 spiro atoms. The lowest BCUT2D eigenvalue weighted by molar-refractivity contribution is -0.109. The van der Waals surface area contributed by atoms with Crippen LogP contribution in [0.1, 0.15) is 25.8 Å². The maximum atomic E-state index is 11.3. The van der Waals surface area contributed by atoms with E-state index in [-0.39, 0.29) is 11.3 Å². The zero-order chi connectivity index (χ0) is 14.0. The molecule has 1 aliphatic rings. The number of aldehydes is 1. The van der Waals surface area contributed by atoms with Gasteiger partial charge in [0, 0.05) is 0 Å². The fraction of sp³-hybridized carbons (Fsp3) is 0.375. The van der Waals surface area contributed by atoms with Crippen molar-refractivity contribution >= 4 is 28.8 Å². The molecule has 1 aromatic rings. The second kappa shape index (κ2) is 5.33. The Kier molecular flexibility index (Phi) is 3.95. The van der Waals surface area contributed by atoms with Crippen LogP contribution in [0.3, 0.4) is 0 Å². The van der Waals surface area contributed by atoms with Crippen molar-refractivity contribution in [1.29, 1.82) is 0 Å². The predicted molar refractivity (Wildman–Crippen MR) is 83.0 cm³/mol. The first-order valence-electron chi connectivity index (χ1n) is 6.40. The van der Waals surface area contributed by atoms with E-state index in [1.165, 1.54) is 5.56 Å². The summed E-state index contributed by atoms with van der Waals surface area (Å²) < 4.78 is 0. The summed E-state index contributed by atoms with van der Waals surface area (Å²) in [6.07, 6.45) is 1.79. The molecule has 0 amide bonds. The third-order valence-corrected chi connectivity index (χ3v) is 4.87. The third-order valence-electron chi connectivity index (χ3n) is 3.47. The van der Waals surface area contributed by atoms with Gasteiger partial charge in [0.2, 0.25) is 0 Å². The zero-order valence-corrected chi connectivity index (χ0v) is 12.5. The fourth-order valence-corrected chi connectivity index (χ4v) is 3.10. The molecule has 3 heteroatoms. The number of carbonyl (C=O) groups excluding carboxylic acids is 1. The summed E-state index contributed by atoms with van der Waals surface area (Å²) >= 11 is 1.55. The molecule has 1 unspecified atom stereocenters. The van der Waals surface area contributed by atoms with Gasteiger partial charge in [-0.15, -0.1) is 0 Å². The number of rotatable bonds is 2. The van der Waals surface area contributed by atoms with E-state index in [4.69, 9.17) is 0 Å². The lowest BCUT2D eigenvalue weighted by atomic mass is 9.83. The molecule has 0 aliphatic carbocycles. The number of thioether (sulfide) groups is 1. The molecule has 2 rings (SSSR count). The predicted octanol–water partition coefficient (Wildman–Crippen LogP) is 4.52. The molecule has 0 N–H and O–H groups in total. The minimum absolute atomic E-state index is 0.0114. The summed E-state index contributed by atoms with van der Waals surface area (Å²) in [5.41, 5.74) is 2.09. The van der Waals surface area contributed by atoms with Crippen LogP contribution < -0.4 is 0 Å². The first kappa shape index (κ1) is 14.1. The van der Waals surface area contributed by atoms with Gasteiger partial charge in [-0.3, -0.25) is 0 Å². The number of aryl methyl sites for hydroxylation is 1. The van der Waals surface area contributed by atoms with Crippen LogP contribution in [0.15, 0.2) is 40.7 Å². The topological polar surface area (TPSA) is 29.4 Å². The van der Waals surface area contributed by atoms with Gasteiger partial charge in [0.15, 0.2) is 0 Å². The number of carbonyl (C=O) groups is 1. The number of nitrogens with zero attached hydrogens (tertiary/aromatic N) is 1. The van der Waals surface area contributed by atoms with Gasteiger partial charge in [0.05, 0.1) is 16.6 Å². The molecular weight excluding hydrogens is 254 g/mol. The Morgan fingerprint density at radius 2 is 2.00 bits per heavy atom. The fourth-order valence-electron chi connectivity index (χ4n) is 2.05. The minimum Gasteiger partial charge on any atom is -0.303 e. The van der Waals surface area contributed by atoms with Crippen molar-refractivity contribution in [3.63, 3.8) is 0 Å². The summed E-state index contributed by atoms with van der Waals surface area (Å²) in [4.78, 5) is 17.0. The highest BCUT2D eigenvalue weighted by atomic mass is 32.2. The van der Waals surface area contributed by atoms with E-state index < -0.39 is 0 Å². The Bertz CT molecular complexity index is 528. The molecule has 1 aliphatic heterocycles. The summed E-state index contributed by atoms with van der Waals surface area (Å²) in [5, 5.41) is 0.864. The smallest absolute Gasteiger partial charge is 0.129 e. The van der Waals surface area contributed by atoms with E-state index in [0.717, 1.165) is 28.3 Å². The van der Waals surface area contributed by atoms with Crippen LogP contribution >= 0.6 is 11.8 Å². The van der Waals surface area contributed by atoms with Crippen molar-refractivity contribution < 1.29 is 4.79 Å². The number of hydrogen-bond acceptors (Lipinski definition) is 3. The van der Waals surface area contributed by atoms with Crippen molar-refractivity contribution in [2.24, 2.45) is 16.3 Å². The second-order valence-corrected chi connectivity index (χ2v) is 6.76. The highest BCUT2D eigenvalue weighted by Crippen LogP contribution is 2.46. The van der Waals surface area contributed by atoms with Crippen molar-refractivity contribution in [3.8, 4) is 0 Å². The van der Waals surface area contributed by atoms with Gasteiger partial charge in [-0.2, -0.15) is 0 Å². The van der Waals surface area contributed by atoms with Crippen LogP contribution in [0.2, 0.25) is 0 Å². The van der Waals surface area contributed by atoms with Gasteiger partial charge in [0.25, 0.3) is 0 Å². The molecule has 0 saturated carbocycles. The highest BCUT2D eigenvalue weighted by Gasteiger charge is 2.35. The molecule has 0 aromatic heterocycles. The number of aliphatic imine (C=N–C) groups is 1. The first-order valence-corrected chi connectivity index (χ1v) is 7.22. The minimum atomic E-state index is -0.119. The van der Waals surface area contributed by atoms with Crippen molar-refractivity contribution in [2.75, 3.05) is 0 Å². The quantitative estimate of drug-likeness (QED) is 0.742. The Balaban J connectivity index is 2.30. The van der Waals surface area contributed by atoms with Crippen LogP contribution in [0.5, 0.6) is 0 Å². The van der Waals surface area contributed by atoms with E-state index in [1.807, 2.05) is 31.2 Å². The van der Waals surface area contributed by atoms with E-state index in [2.05, 4.69) is 25.4 Å². The number of allylic oxidation sites excluding steroid dienone is 1. The molecule has 19 heavy (non-hydrogen) atoms. The Morgan fingerprint density at radius 1 is 1.37 bits per heavy atom. The van der Waals surface area contributed by atoms with Gasteiger partial charge in [-0.1, -0.05) is 49.9 Å². The van der Waals surface area contributed by atoms with Crippen molar-refractivity contribution in [2.45, 2.75) is 27.2 Å². The molecule has 1 atom stereocenters. The lowest BCUT2D eigenvalue weighted by Crippen LogP contribution is -2.29. The largest absolute Gasteiger partial charge is 0.303 e. The lowest BCUT2D eigenvalue weighted by Gasteiger charge is -2.35. The molecule has 0 radical (unpaired) electrons. The van der Waals surface area contributed by atoms with Gasteiger partial charge in [-0.05, 0) is 35.8 Å². The van der Waals surface area contributed by atoms with Crippen LogP contribution in [0.25, 0.3) is 0 Å². The molecule has 1 fully saturated rings. The van der Waals surface area contributed by atoms with E-state index in [1.54, 1.807) is 11.8 Å². The van der Waals surface area contributed by atoms with E-state index >= 15 is 0 Å². The highest BCUT2D eigenvalue weighted by molar-refractivity contribution is 8.17. The molecule has 1 heterocycles. The molecule has 2 nitrogen and oxygen atoms in total. The zero-order valence-electron chi connectivity index (χ0n) is 11.6. The van der Waals surface area contributed by atoms with Crippen molar-refractivity contribution in [3.05, 3.63) is 41.3 Å². The summed E-state index contributed by atoms with van der Waals surface area (Å²) in [5.74, 6) is -0.119. The van der Waals surface area contributed by atoms with E-state index in [9.17, 15) is 4.79 Å². The van der Waals surface area contributed by atoms with Crippen LogP contribution in [-0.2, 0) is 4.79 Å². The average molecular weight is 273 g/mol. The van der Waals surface area contributed by atoms with Crippen LogP contribution in [0, 0.1) is 18.3 Å². The molecule has 1 aromatic carbocycles. The maximum Gasteiger partial charge on any atom is 0.129 e. The third kappa shape index (κ3) is 3.16. The summed E-state index contributed by atoms with van der Waals surface area (Å²) in [6, 6.07) is 8.02. The van der Waals surface area contributed by atoms with Crippen LogP contribution in [-0.4, -0.2) is 11.3 Å². The molecule has 100 valence electrons. The van der Waals surface area contributed by atoms with Gasteiger partial charge >= 0.3 is 0 Å². The monoisotopic (exact) mass is 273 g/mol. The number of benzene rings is 1. The number of hydrogen-bond donors (Lipinski definition) is 0.